The lowest BCUT2D eigenvalue weighted by Crippen LogP contribution is -2.35. The van der Waals surface area contributed by atoms with E-state index in [2.05, 4.69) is 10.4 Å². The molecule has 9 nitrogen and oxygen atoms in total. The van der Waals surface area contributed by atoms with Crippen molar-refractivity contribution >= 4 is 28.9 Å². The number of carbonyl (C=O) groups excluding carboxylic acids is 1. The van der Waals surface area contributed by atoms with Crippen molar-refractivity contribution in [2.75, 3.05) is 18.4 Å². The van der Waals surface area contributed by atoms with Crippen molar-refractivity contribution in [1.82, 2.24) is 14.7 Å². The van der Waals surface area contributed by atoms with Gasteiger partial charge >= 0.3 is 0 Å². The van der Waals surface area contributed by atoms with Crippen molar-refractivity contribution in [3.05, 3.63) is 56.0 Å². The highest BCUT2D eigenvalue weighted by Gasteiger charge is 2.32. The standard InChI is InChI=1S/C20H22ClN5O4/c21-18-17(23-14-9-10-24(12-14)19(27)13-3-1-2-4-13)11-22-25(20(18)28)15-5-7-16(8-6-15)26(29)30/h5-8,11,13-14,23H,1-4,9-10,12H2. The van der Waals surface area contributed by atoms with Crippen LogP contribution in [0.1, 0.15) is 32.1 Å². The van der Waals surface area contributed by atoms with Crippen LogP contribution in [0.3, 0.4) is 0 Å². The maximum absolute atomic E-state index is 12.7. The largest absolute Gasteiger partial charge is 0.378 e. The summed E-state index contributed by atoms with van der Waals surface area (Å²) in [7, 11) is 0. The van der Waals surface area contributed by atoms with Crippen LogP contribution in [0.2, 0.25) is 5.02 Å². The second-order valence-corrected chi connectivity index (χ2v) is 8.14. The number of nitro groups is 1. The summed E-state index contributed by atoms with van der Waals surface area (Å²) in [6, 6.07) is 5.50. The average molecular weight is 432 g/mol. The first-order chi connectivity index (χ1) is 14.4. The molecule has 0 radical (unpaired) electrons. The zero-order valence-corrected chi connectivity index (χ0v) is 17.0. The van der Waals surface area contributed by atoms with E-state index in [9.17, 15) is 19.7 Å². The topological polar surface area (TPSA) is 110 Å². The van der Waals surface area contributed by atoms with Gasteiger partial charge in [-0.15, -0.1) is 0 Å². The number of halogens is 1. The van der Waals surface area contributed by atoms with Gasteiger partial charge in [0.05, 0.1) is 22.5 Å². The smallest absolute Gasteiger partial charge is 0.292 e. The highest BCUT2D eigenvalue weighted by molar-refractivity contribution is 6.33. The number of hydrogen-bond donors (Lipinski definition) is 1. The summed E-state index contributed by atoms with van der Waals surface area (Å²) in [5, 5.41) is 18.2. The van der Waals surface area contributed by atoms with Gasteiger partial charge in [-0.3, -0.25) is 19.7 Å². The second-order valence-electron chi connectivity index (χ2n) is 7.76. The molecule has 1 aromatic carbocycles. The van der Waals surface area contributed by atoms with Gasteiger partial charge in [0.15, 0.2) is 0 Å². The quantitative estimate of drug-likeness (QED) is 0.575. The van der Waals surface area contributed by atoms with Crippen LogP contribution >= 0.6 is 11.6 Å². The van der Waals surface area contributed by atoms with Gasteiger partial charge in [-0.05, 0) is 31.4 Å². The molecular formula is C20H22ClN5O4. The van der Waals surface area contributed by atoms with E-state index in [1.165, 1.54) is 30.5 Å². The Morgan fingerprint density at radius 3 is 2.57 bits per heavy atom. The van der Waals surface area contributed by atoms with E-state index in [-0.39, 0.29) is 28.6 Å². The molecule has 158 valence electrons. The number of aromatic nitrogens is 2. The maximum atomic E-state index is 12.7. The molecule has 1 aliphatic carbocycles. The van der Waals surface area contributed by atoms with E-state index in [1.807, 2.05) is 4.90 Å². The molecule has 1 unspecified atom stereocenters. The number of rotatable bonds is 5. The highest BCUT2D eigenvalue weighted by atomic mass is 35.5. The molecule has 1 saturated carbocycles. The zero-order chi connectivity index (χ0) is 21.3. The van der Waals surface area contributed by atoms with Crippen molar-refractivity contribution in [2.24, 2.45) is 5.92 Å². The number of nitrogens with zero attached hydrogens (tertiary/aromatic N) is 4. The Morgan fingerprint density at radius 2 is 1.90 bits per heavy atom. The number of likely N-dealkylation sites (tertiary alicyclic amines) is 1. The zero-order valence-electron chi connectivity index (χ0n) is 16.3. The predicted octanol–water partition coefficient (Wildman–Crippen LogP) is 3.00. The Balaban J connectivity index is 1.45. The lowest BCUT2D eigenvalue weighted by Gasteiger charge is -2.21. The monoisotopic (exact) mass is 431 g/mol. The van der Waals surface area contributed by atoms with Gasteiger partial charge in [0.1, 0.15) is 5.02 Å². The van der Waals surface area contributed by atoms with Gasteiger partial charge in [0, 0.05) is 37.2 Å². The molecule has 2 aliphatic rings. The normalized spacial score (nSPS) is 19.2. The van der Waals surface area contributed by atoms with Crippen LogP contribution in [-0.2, 0) is 4.79 Å². The summed E-state index contributed by atoms with van der Waals surface area (Å²) in [6.07, 6.45) is 6.44. The Bertz CT molecular complexity index is 1020. The SMILES string of the molecule is O=C(C1CCCC1)N1CCC(Nc2cnn(-c3ccc([N+](=O)[O-])cc3)c(=O)c2Cl)C1. The number of benzene rings is 1. The number of nitro benzene ring substituents is 1. The molecule has 0 bridgehead atoms. The Labute approximate surface area is 177 Å². The molecule has 1 saturated heterocycles. The molecule has 1 N–H and O–H groups in total. The van der Waals surface area contributed by atoms with E-state index >= 15 is 0 Å². The number of nitrogens with one attached hydrogen (secondary N) is 1. The number of hydrogen-bond acceptors (Lipinski definition) is 6. The molecule has 1 aromatic heterocycles. The summed E-state index contributed by atoms with van der Waals surface area (Å²) >= 11 is 6.29. The first-order valence-electron chi connectivity index (χ1n) is 10.0. The van der Waals surface area contributed by atoms with Crippen molar-refractivity contribution in [2.45, 2.75) is 38.1 Å². The fraction of sp³-hybridized carbons (Fsp3) is 0.450. The summed E-state index contributed by atoms with van der Waals surface area (Å²) in [6.45, 7) is 1.27. The first kappa shape index (κ1) is 20.3. The predicted molar refractivity (Wildman–Crippen MR) is 112 cm³/mol. The molecule has 10 heteroatoms. The molecule has 1 amide bonds. The fourth-order valence-electron chi connectivity index (χ4n) is 4.16. The van der Waals surface area contributed by atoms with E-state index in [0.29, 0.717) is 24.5 Å². The summed E-state index contributed by atoms with van der Waals surface area (Å²) in [5.41, 5.74) is 0.203. The van der Waals surface area contributed by atoms with Gasteiger partial charge < -0.3 is 10.2 Å². The second kappa shape index (κ2) is 8.43. The van der Waals surface area contributed by atoms with Crippen molar-refractivity contribution in [1.29, 1.82) is 0 Å². The van der Waals surface area contributed by atoms with Crippen LogP contribution in [0.15, 0.2) is 35.3 Å². The first-order valence-corrected chi connectivity index (χ1v) is 10.4. The third-order valence-electron chi connectivity index (χ3n) is 5.79. The number of amides is 1. The van der Waals surface area contributed by atoms with Gasteiger partial charge in [-0.2, -0.15) is 9.78 Å². The lowest BCUT2D eigenvalue weighted by atomic mass is 10.1. The summed E-state index contributed by atoms with van der Waals surface area (Å²) in [5.74, 6) is 0.384. The molecular weight excluding hydrogens is 410 g/mol. The van der Waals surface area contributed by atoms with Gasteiger partial charge in [-0.25, -0.2) is 0 Å². The maximum Gasteiger partial charge on any atom is 0.292 e. The van der Waals surface area contributed by atoms with Gasteiger partial charge in [-0.1, -0.05) is 24.4 Å². The highest BCUT2D eigenvalue weighted by Crippen LogP contribution is 2.29. The third-order valence-corrected chi connectivity index (χ3v) is 6.15. The number of carbonyl (C=O) groups is 1. The van der Waals surface area contributed by atoms with Crippen LogP contribution in [-0.4, -0.2) is 44.6 Å². The van der Waals surface area contributed by atoms with Crippen molar-refractivity contribution in [3.8, 4) is 5.69 Å². The average Bonchev–Trinajstić information content (AvgIpc) is 3.44. The molecule has 1 aliphatic heterocycles. The van der Waals surface area contributed by atoms with E-state index in [4.69, 9.17) is 11.6 Å². The molecule has 2 fully saturated rings. The minimum absolute atomic E-state index is 0.00396. The molecule has 1 atom stereocenters. The fourth-order valence-corrected chi connectivity index (χ4v) is 4.35. The number of anilines is 1. The summed E-state index contributed by atoms with van der Waals surface area (Å²) < 4.78 is 1.10. The van der Waals surface area contributed by atoms with E-state index in [0.717, 1.165) is 36.8 Å². The Hall–Kier alpha value is -2.94. The molecule has 30 heavy (non-hydrogen) atoms. The Kier molecular flexibility index (Phi) is 5.72. The lowest BCUT2D eigenvalue weighted by molar-refractivity contribution is -0.384. The van der Waals surface area contributed by atoms with Crippen LogP contribution in [0.5, 0.6) is 0 Å². The molecule has 0 spiro atoms. The van der Waals surface area contributed by atoms with Crippen molar-refractivity contribution < 1.29 is 9.72 Å². The minimum Gasteiger partial charge on any atom is -0.378 e. The third kappa shape index (κ3) is 4.02. The van der Waals surface area contributed by atoms with E-state index < -0.39 is 10.5 Å². The summed E-state index contributed by atoms with van der Waals surface area (Å²) in [4.78, 5) is 37.4. The van der Waals surface area contributed by atoms with Crippen molar-refractivity contribution in [3.63, 3.8) is 0 Å². The van der Waals surface area contributed by atoms with Crippen LogP contribution in [0, 0.1) is 16.0 Å². The van der Waals surface area contributed by atoms with E-state index in [1.54, 1.807) is 0 Å². The van der Waals surface area contributed by atoms with Crippen LogP contribution < -0.4 is 10.9 Å². The van der Waals surface area contributed by atoms with Crippen LogP contribution in [0.4, 0.5) is 11.4 Å². The number of non-ortho nitro benzene ring substituents is 1. The van der Waals surface area contributed by atoms with Crippen LogP contribution in [0.25, 0.3) is 5.69 Å². The van der Waals surface area contributed by atoms with Gasteiger partial charge in [0.2, 0.25) is 5.91 Å². The minimum atomic E-state index is -0.521. The van der Waals surface area contributed by atoms with Gasteiger partial charge in [0.25, 0.3) is 11.2 Å². The Morgan fingerprint density at radius 1 is 1.20 bits per heavy atom. The molecule has 4 rings (SSSR count). The molecule has 2 aromatic rings. The molecule has 2 heterocycles.